The predicted molar refractivity (Wildman–Crippen MR) is 45.4 cm³/mol. The molecule has 0 aliphatic heterocycles. The zero-order valence-electron chi connectivity index (χ0n) is 8.30. The van der Waals surface area contributed by atoms with Crippen molar-refractivity contribution in [2.45, 2.75) is 34.6 Å². The molecule has 0 rings (SSSR count). The molecule has 0 N–H and O–H groups in total. The van der Waals surface area contributed by atoms with E-state index in [0.717, 1.165) is 0 Å². The highest BCUT2D eigenvalue weighted by atomic mass is 16.6. The number of hydrogen-bond donors (Lipinski definition) is 0. The van der Waals surface area contributed by atoms with Crippen LogP contribution < -0.4 is 0 Å². The van der Waals surface area contributed by atoms with Gasteiger partial charge in [-0.05, 0) is 20.8 Å². The fourth-order valence-electron chi connectivity index (χ4n) is 0.362. The summed E-state index contributed by atoms with van der Waals surface area (Å²) in [4.78, 5) is 22.1. The third kappa shape index (κ3) is 3.51. The maximum atomic E-state index is 11.1. The number of hydrogen-bond acceptors (Lipinski definition) is 3. The van der Waals surface area contributed by atoms with Crippen LogP contribution in [0.4, 0.5) is 0 Å². The molecule has 0 spiro atoms. The topological polar surface area (TPSA) is 43.4 Å². The molecule has 0 bridgehead atoms. The fraction of sp³-hybridized carbons (Fsp3) is 0.778. The van der Waals surface area contributed by atoms with E-state index in [0.29, 0.717) is 0 Å². The van der Waals surface area contributed by atoms with Crippen LogP contribution in [0, 0.1) is 11.3 Å². The summed E-state index contributed by atoms with van der Waals surface area (Å²) in [7, 11) is 0. The molecule has 0 aromatic rings. The van der Waals surface area contributed by atoms with Gasteiger partial charge in [0, 0.05) is 0 Å². The Morgan fingerprint density at radius 2 is 1.58 bits per heavy atom. The van der Waals surface area contributed by atoms with Crippen LogP contribution in [0.25, 0.3) is 0 Å². The molecule has 0 aliphatic rings. The van der Waals surface area contributed by atoms with Gasteiger partial charge < -0.3 is 4.74 Å². The van der Waals surface area contributed by atoms with E-state index in [1.165, 1.54) is 0 Å². The monoisotopic (exact) mass is 172 g/mol. The molecule has 0 aliphatic carbocycles. The Bertz CT molecular complexity index is 186. The van der Waals surface area contributed by atoms with Crippen molar-refractivity contribution in [1.82, 2.24) is 0 Å². The maximum absolute atomic E-state index is 11.1. The molecule has 3 heteroatoms. The average molecular weight is 172 g/mol. The summed E-state index contributed by atoms with van der Waals surface area (Å²) < 4.78 is 4.60. The highest BCUT2D eigenvalue weighted by Crippen LogP contribution is 2.15. The molecular weight excluding hydrogens is 156 g/mol. The maximum Gasteiger partial charge on any atom is 0.318 e. The van der Waals surface area contributed by atoms with Gasteiger partial charge in [0.25, 0.3) is 0 Å². The van der Waals surface area contributed by atoms with E-state index in [1.807, 2.05) is 0 Å². The summed E-state index contributed by atoms with van der Waals surface area (Å²) >= 11 is 0. The standard InChI is InChI=1S/C9H16O3/c1-6(2)7(10)12-8(11)9(3,4)5/h6H,1-5H3. The Hall–Kier alpha value is -0.860. The molecule has 70 valence electrons. The van der Waals surface area contributed by atoms with Gasteiger partial charge in [0.15, 0.2) is 0 Å². The minimum absolute atomic E-state index is 0.253. The second kappa shape index (κ2) is 3.70. The van der Waals surface area contributed by atoms with Crippen LogP contribution in [0.5, 0.6) is 0 Å². The molecule has 0 aromatic heterocycles. The largest absolute Gasteiger partial charge is 0.393 e. The van der Waals surface area contributed by atoms with E-state index in [4.69, 9.17) is 0 Å². The SMILES string of the molecule is CC(C)C(=O)OC(=O)C(C)(C)C. The lowest BCUT2D eigenvalue weighted by molar-refractivity contribution is -0.167. The molecule has 0 heterocycles. The van der Waals surface area contributed by atoms with Gasteiger partial charge in [-0.2, -0.15) is 0 Å². The molecule has 3 nitrogen and oxygen atoms in total. The van der Waals surface area contributed by atoms with Gasteiger partial charge in [0.1, 0.15) is 0 Å². The summed E-state index contributed by atoms with van der Waals surface area (Å²) in [6.07, 6.45) is 0. The van der Waals surface area contributed by atoms with Crippen LogP contribution in [0.1, 0.15) is 34.6 Å². The summed E-state index contributed by atoms with van der Waals surface area (Å²) in [6, 6.07) is 0. The molecule has 0 fully saturated rings. The van der Waals surface area contributed by atoms with Crippen molar-refractivity contribution in [3.05, 3.63) is 0 Å². The minimum atomic E-state index is -0.607. The Morgan fingerprint density at radius 3 is 1.83 bits per heavy atom. The number of ether oxygens (including phenoxy) is 1. The Balaban J connectivity index is 4.12. The summed E-state index contributed by atoms with van der Waals surface area (Å²) in [5.41, 5.74) is -0.607. The Morgan fingerprint density at radius 1 is 1.17 bits per heavy atom. The third-order valence-electron chi connectivity index (χ3n) is 1.28. The predicted octanol–water partition coefficient (Wildman–Crippen LogP) is 1.76. The molecule has 0 saturated carbocycles. The second-order valence-electron chi connectivity index (χ2n) is 4.11. The van der Waals surface area contributed by atoms with E-state index >= 15 is 0 Å². The molecule has 0 radical (unpaired) electrons. The Labute approximate surface area is 73.1 Å². The van der Waals surface area contributed by atoms with E-state index in [2.05, 4.69) is 4.74 Å². The zero-order chi connectivity index (χ0) is 9.94. The van der Waals surface area contributed by atoms with Crippen LogP contribution in [-0.4, -0.2) is 11.9 Å². The Kier molecular flexibility index (Phi) is 3.43. The third-order valence-corrected chi connectivity index (χ3v) is 1.28. The average Bonchev–Trinajstić information content (AvgIpc) is 1.85. The van der Waals surface area contributed by atoms with Crippen molar-refractivity contribution >= 4 is 11.9 Å². The van der Waals surface area contributed by atoms with Gasteiger partial charge in [-0.3, -0.25) is 9.59 Å². The highest BCUT2D eigenvalue weighted by Gasteiger charge is 2.26. The van der Waals surface area contributed by atoms with Crippen LogP contribution in [0.3, 0.4) is 0 Å². The van der Waals surface area contributed by atoms with Crippen LogP contribution in [0.2, 0.25) is 0 Å². The summed E-state index contributed by atoms with van der Waals surface area (Å²) in [5, 5.41) is 0. The summed E-state index contributed by atoms with van der Waals surface area (Å²) in [6.45, 7) is 8.52. The van der Waals surface area contributed by atoms with Gasteiger partial charge in [-0.15, -0.1) is 0 Å². The van der Waals surface area contributed by atoms with Gasteiger partial charge >= 0.3 is 11.9 Å². The van der Waals surface area contributed by atoms with Crippen molar-refractivity contribution in [3.63, 3.8) is 0 Å². The first-order valence-electron chi connectivity index (χ1n) is 4.01. The lowest BCUT2D eigenvalue weighted by Gasteiger charge is -2.15. The van der Waals surface area contributed by atoms with Crippen LogP contribution in [-0.2, 0) is 14.3 Å². The summed E-state index contributed by atoms with van der Waals surface area (Å²) in [5.74, 6) is -1.19. The lowest BCUT2D eigenvalue weighted by Crippen LogP contribution is -2.27. The van der Waals surface area contributed by atoms with Gasteiger partial charge in [0.05, 0.1) is 11.3 Å². The molecular formula is C9H16O3. The first-order chi connectivity index (χ1) is 5.25. The molecule has 0 atom stereocenters. The molecule has 0 unspecified atom stereocenters. The van der Waals surface area contributed by atoms with Gasteiger partial charge in [-0.25, -0.2) is 0 Å². The molecule has 12 heavy (non-hydrogen) atoms. The van der Waals surface area contributed by atoms with E-state index in [1.54, 1.807) is 34.6 Å². The van der Waals surface area contributed by atoms with Crippen molar-refractivity contribution < 1.29 is 14.3 Å². The van der Waals surface area contributed by atoms with E-state index < -0.39 is 17.4 Å². The fourth-order valence-corrected chi connectivity index (χ4v) is 0.362. The normalized spacial score (nSPS) is 11.5. The second-order valence-corrected chi connectivity index (χ2v) is 4.11. The molecule has 0 aromatic carbocycles. The van der Waals surface area contributed by atoms with Crippen molar-refractivity contribution in [2.75, 3.05) is 0 Å². The highest BCUT2D eigenvalue weighted by molar-refractivity contribution is 5.88. The van der Waals surface area contributed by atoms with Crippen LogP contribution in [0.15, 0.2) is 0 Å². The zero-order valence-corrected chi connectivity index (χ0v) is 8.30. The van der Waals surface area contributed by atoms with Crippen molar-refractivity contribution in [2.24, 2.45) is 11.3 Å². The molecule has 0 saturated heterocycles. The van der Waals surface area contributed by atoms with Crippen LogP contribution >= 0.6 is 0 Å². The lowest BCUT2D eigenvalue weighted by atomic mass is 9.97. The molecule has 0 amide bonds. The minimum Gasteiger partial charge on any atom is -0.393 e. The first kappa shape index (κ1) is 11.1. The smallest absolute Gasteiger partial charge is 0.318 e. The first-order valence-corrected chi connectivity index (χ1v) is 4.01. The van der Waals surface area contributed by atoms with E-state index in [9.17, 15) is 9.59 Å². The van der Waals surface area contributed by atoms with Crippen molar-refractivity contribution in [1.29, 1.82) is 0 Å². The number of carbonyl (C=O) groups is 2. The number of esters is 2. The van der Waals surface area contributed by atoms with Gasteiger partial charge in [0.2, 0.25) is 0 Å². The number of rotatable bonds is 1. The van der Waals surface area contributed by atoms with Gasteiger partial charge in [-0.1, -0.05) is 13.8 Å². The van der Waals surface area contributed by atoms with Crippen molar-refractivity contribution in [3.8, 4) is 0 Å². The van der Waals surface area contributed by atoms with E-state index in [-0.39, 0.29) is 5.92 Å². The number of carbonyl (C=O) groups excluding carboxylic acids is 2. The quantitative estimate of drug-likeness (QED) is 0.447.